The first kappa shape index (κ1) is 13.4. The molecule has 2 rings (SSSR count). The molecule has 3 nitrogen and oxygen atoms in total. The number of benzene rings is 1. The van der Waals surface area contributed by atoms with Crippen molar-refractivity contribution in [3.63, 3.8) is 0 Å². The van der Waals surface area contributed by atoms with Gasteiger partial charge in [-0.1, -0.05) is 17.7 Å². The van der Waals surface area contributed by atoms with Gasteiger partial charge < -0.3 is 10.2 Å². The van der Waals surface area contributed by atoms with E-state index in [9.17, 15) is 4.79 Å². The summed E-state index contributed by atoms with van der Waals surface area (Å²) in [6, 6.07) is 5.49. The summed E-state index contributed by atoms with van der Waals surface area (Å²) in [7, 11) is 0. The molecule has 4 heteroatoms. The van der Waals surface area contributed by atoms with Crippen LogP contribution in [0.5, 0.6) is 0 Å². The van der Waals surface area contributed by atoms with Gasteiger partial charge in [0.1, 0.15) is 0 Å². The lowest BCUT2D eigenvalue weighted by molar-refractivity contribution is 0.0651. The minimum absolute atomic E-state index is 0.0274. The molecule has 0 aromatic heterocycles. The van der Waals surface area contributed by atoms with Gasteiger partial charge in [0.2, 0.25) is 0 Å². The molecule has 0 atom stereocenters. The van der Waals surface area contributed by atoms with Crippen molar-refractivity contribution in [1.82, 2.24) is 10.2 Å². The van der Waals surface area contributed by atoms with Crippen LogP contribution in [0, 0.1) is 6.92 Å². The number of hydrogen-bond acceptors (Lipinski definition) is 2. The molecule has 1 aliphatic rings. The second kappa shape index (κ2) is 4.90. The standard InChI is InChI=1S/C14H19ClN2O/c1-10-11(5-4-6-12(10)15)13(18)17-8-7-16-14(2,3)9-17/h4-6,16H,7-9H2,1-3H3. The van der Waals surface area contributed by atoms with Gasteiger partial charge in [-0.3, -0.25) is 4.79 Å². The quantitative estimate of drug-likeness (QED) is 0.847. The topological polar surface area (TPSA) is 32.3 Å². The predicted molar refractivity (Wildman–Crippen MR) is 74.2 cm³/mol. The summed E-state index contributed by atoms with van der Waals surface area (Å²) in [6.45, 7) is 8.40. The highest BCUT2D eigenvalue weighted by Gasteiger charge is 2.29. The summed E-state index contributed by atoms with van der Waals surface area (Å²) in [5.41, 5.74) is 1.54. The van der Waals surface area contributed by atoms with Crippen LogP contribution in [-0.4, -0.2) is 36.0 Å². The van der Waals surface area contributed by atoms with Gasteiger partial charge >= 0.3 is 0 Å². The molecule has 1 fully saturated rings. The molecule has 0 spiro atoms. The Bertz CT molecular complexity index is 471. The van der Waals surface area contributed by atoms with Gasteiger partial charge in [-0.2, -0.15) is 0 Å². The normalized spacial score (nSPS) is 18.8. The molecule has 1 saturated heterocycles. The maximum absolute atomic E-state index is 12.5. The Kier molecular flexibility index (Phi) is 3.64. The second-order valence-corrected chi connectivity index (χ2v) is 5.86. The fourth-order valence-corrected chi connectivity index (χ4v) is 2.50. The molecule has 0 bridgehead atoms. The van der Waals surface area contributed by atoms with Gasteiger partial charge in [0.25, 0.3) is 5.91 Å². The predicted octanol–water partition coefficient (Wildman–Crippen LogP) is 2.47. The van der Waals surface area contributed by atoms with Crippen LogP contribution in [0.2, 0.25) is 5.02 Å². The summed E-state index contributed by atoms with van der Waals surface area (Å²) in [4.78, 5) is 14.4. The van der Waals surface area contributed by atoms with Crippen LogP contribution in [0.4, 0.5) is 0 Å². The van der Waals surface area contributed by atoms with Crippen molar-refractivity contribution in [2.45, 2.75) is 26.3 Å². The minimum atomic E-state index is -0.0274. The van der Waals surface area contributed by atoms with Crippen LogP contribution in [0.3, 0.4) is 0 Å². The first-order valence-corrected chi connectivity index (χ1v) is 6.58. The second-order valence-electron chi connectivity index (χ2n) is 5.45. The number of rotatable bonds is 1. The van der Waals surface area contributed by atoms with Crippen molar-refractivity contribution in [1.29, 1.82) is 0 Å². The summed E-state index contributed by atoms with van der Waals surface area (Å²) in [5, 5.41) is 4.05. The fourth-order valence-electron chi connectivity index (χ4n) is 2.32. The molecule has 1 heterocycles. The van der Waals surface area contributed by atoms with Crippen molar-refractivity contribution in [3.05, 3.63) is 34.3 Å². The zero-order valence-corrected chi connectivity index (χ0v) is 11.8. The van der Waals surface area contributed by atoms with E-state index >= 15 is 0 Å². The van der Waals surface area contributed by atoms with E-state index in [1.807, 2.05) is 30.0 Å². The molecule has 0 aliphatic carbocycles. The Labute approximate surface area is 113 Å². The Morgan fingerprint density at radius 3 is 2.83 bits per heavy atom. The number of hydrogen-bond donors (Lipinski definition) is 1. The van der Waals surface area contributed by atoms with Crippen molar-refractivity contribution in [2.75, 3.05) is 19.6 Å². The molecule has 1 aliphatic heterocycles. The highest BCUT2D eigenvalue weighted by Crippen LogP contribution is 2.21. The van der Waals surface area contributed by atoms with E-state index < -0.39 is 0 Å². The maximum Gasteiger partial charge on any atom is 0.254 e. The van der Waals surface area contributed by atoms with Crippen molar-refractivity contribution < 1.29 is 4.79 Å². The van der Waals surface area contributed by atoms with Crippen molar-refractivity contribution in [3.8, 4) is 0 Å². The summed E-state index contributed by atoms with van der Waals surface area (Å²) in [6.07, 6.45) is 0. The SMILES string of the molecule is Cc1c(Cl)cccc1C(=O)N1CCNC(C)(C)C1. The average molecular weight is 267 g/mol. The number of nitrogens with zero attached hydrogens (tertiary/aromatic N) is 1. The molecule has 1 aromatic carbocycles. The Hall–Kier alpha value is -1.06. The number of halogens is 1. The third-order valence-corrected chi connectivity index (χ3v) is 3.77. The molecule has 1 aromatic rings. The minimum Gasteiger partial charge on any atom is -0.336 e. The molecular weight excluding hydrogens is 248 g/mol. The van der Waals surface area contributed by atoms with Crippen LogP contribution >= 0.6 is 11.6 Å². The molecule has 0 unspecified atom stereocenters. The van der Waals surface area contributed by atoms with Crippen LogP contribution < -0.4 is 5.32 Å². The fraction of sp³-hybridized carbons (Fsp3) is 0.500. The molecule has 18 heavy (non-hydrogen) atoms. The zero-order valence-electron chi connectivity index (χ0n) is 11.1. The number of piperazine rings is 1. The Morgan fingerprint density at radius 2 is 2.17 bits per heavy atom. The Morgan fingerprint density at radius 1 is 1.44 bits per heavy atom. The van der Waals surface area contributed by atoms with E-state index in [4.69, 9.17) is 11.6 Å². The van der Waals surface area contributed by atoms with Gasteiger partial charge in [0.15, 0.2) is 0 Å². The maximum atomic E-state index is 12.5. The molecule has 1 amide bonds. The van der Waals surface area contributed by atoms with E-state index in [0.29, 0.717) is 10.6 Å². The van der Waals surface area contributed by atoms with E-state index in [2.05, 4.69) is 19.2 Å². The van der Waals surface area contributed by atoms with E-state index in [1.165, 1.54) is 0 Å². The van der Waals surface area contributed by atoms with Gasteiger partial charge in [0, 0.05) is 35.8 Å². The van der Waals surface area contributed by atoms with Gasteiger partial charge in [-0.25, -0.2) is 0 Å². The number of carbonyl (C=O) groups is 1. The number of carbonyl (C=O) groups excluding carboxylic acids is 1. The van der Waals surface area contributed by atoms with Crippen LogP contribution in [0.25, 0.3) is 0 Å². The molecule has 98 valence electrons. The summed E-state index contributed by atoms with van der Waals surface area (Å²) in [5.74, 6) is 0.0737. The molecule has 0 radical (unpaired) electrons. The lowest BCUT2D eigenvalue weighted by Gasteiger charge is -2.39. The average Bonchev–Trinajstić information content (AvgIpc) is 2.30. The molecule has 0 saturated carbocycles. The third kappa shape index (κ3) is 2.68. The van der Waals surface area contributed by atoms with Gasteiger partial charge in [-0.15, -0.1) is 0 Å². The largest absolute Gasteiger partial charge is 0.336 e. The van der Waals surface area contributed by atoms with Crippen molar-refractivity contribution in [2.24, 2.45) is 0 Å². The number of nitrogens with one attached hydrogen (secondary N) is 1. The summed E-state index contributed by atoms with van der Waals surface area (Å²) < 4.78 is 0. The van der Waals surface area contributed by atoms with E-state index in [0.717, 1.165) is 25.2 Å². The Balaban J connectivity index is 2.23. The van der Waals surface area contributed by atoms with E-state index in [-0.39, 0.29) is 11.4 Å². The van der Waals surface area contributed by atoms with Crippen LogP contribution in [-0.2, 0) is 0 Å². The van der Waals surface area contributed by atoms with Crippen LogP contribution in [0.15, 0.2) is 18.2 Å². The number of amides is 1. The monoisotopic (exact) mass is 266 g/mol. The molecular formula is C14H19ClN2O. The third-order valence-electron chi connectivity index (χ3n) is 3.36. The molecule has 1 N–H and O–H groups in total. The summed E-state index contributed by atoms with van der Waals surface area (Å²) >= 11 is 6.07. The first-order chi connectivity index (χ1) is 8.41. The van der Waals surface area contributed by atoms with Gasteiger partial charge in [-0.05, 0) is 38.5 Å². The van der Waals surface area contributed by atoms with Crippen molar-refractivity contribution >= 4 is 17.5 Å². The first-order valence-electron chi connectivity index (χ1n) is 6.20. The zero-order chi connectivity index (χ0) is 13.3. The highest BCUT2D eigenvalue weighted by molar-refractivity contribution is 6.31. The lowest BCUT2D eigenvalue weighted by Crippen LogP contribution is -2.58. The van der Waals surface area contributed by atoms with Gasteiger partial charge in [0.05, 0.1) is 0 Å². The van der Waals surface area contributed by atoms with Crippen LogP contribution in [0.1, 0.15) is 29.8 Å². The smallest absolute Gasteiger partial charge is 0.254 e. The van der Waals surface area contributed by atoms with E-state index in [1.54, 1.807) is 0 Å². The lowest BCUT2D eigenvalue weighted by atomic mass is 10.0. The highest BCUT2D eigenvalue weighted by atomic mass is 35.5.